The summed E-state index contributed by atoms with van der Waals surface area (Å²) in [7, 11) is 2.14. The lowest BCUT2D eigenvalue weighted by atomic mass is 10.2. The molecule has 2 aromatic carbocycles. The number of nitrogens with one attached hydrogen (secondary N) is 1. The molecule has 1 amide bonds. The van der Waals surface area contributed by atoms with Gasteiger partial charge in [0.15, 0.2) is 0 Å². The zero-order valence-electron chi connectivity index (χ0n) is 13.4. The summed E-state index contributed by atoms with van der Waals surface area (Å²) in [5, 5.41) is 3.75. The van der Waals surface area contributed by atoms with Crippen molar-refractivity contribution in [1.29, 1.82) is 0 Å². The van der Waals surface area contributed by atoms with E-state index in [1.807, 2.05) is 24.3 Å². The van der Waals surface area contributed by atoms with E-state index in [9.17, 15) is 4.79 Å². The first-order valence-electron chi connectivity index (χ1n) is 7.82. The molecule has 1 heterocycles. The van der Waals surface area contributed by atoms with E-state index in [2.05, 4.69) is 22.2 Å². The van der Waals surface area contributed by atoms with Crippen molar-refractivity contribution in [2.24, 2.45) is 0 Å². The molecule has 6 heteroatoms. The summed E-state index contributed by atoms with van der Waals surface area (Å²) < 4.78 is 0. The largest absolute Gasteiger partial charge is 0.369 e. The minimum atomic E-state index is -0.230. The van der Waals surface area contributed by atoms with E-state index in [-0.39, 0.29) is 5.91 Å². The molecule has 0 saturated carbocycles. The summed E-state index contributed by atoms with van der Waals surface area (Å²) in [6.45, 7) is 4.16. The molecule has 3 rings (SSSR count). The molecule has 1 fully saturated rings. The maximum Gasteiger partial charge on any atom is 0.255 e. The molecule has 24 heavy (non-hydrogen) atoms. The summed E-state index contributed by atoms with van der Waals surface area (Å²) >= 11 is 11.9. The molecule has 0 aliphatic carbocycles. The van der Waals surface area contributed by atoms with E-state index in [1.54, 1.807) is 18.2 Å². The highest BCUT2D eigenvalue weighted by molar-refractivity contribution is 6.35. The number of piperazine rings is 1. The third kappa shape index (κ3) is 4.20. The number of carbonyl (C=O) groups is 1. The van der Waals surface area contributed by atoms with E-state index in [0.717, 1.165) is 31.9 Å². The van der Waals surface area contributed by atoms with Gasteiger partial charge >= 0.3 is 0 Å². The van der Waals surface area contributed by atoms with Gasteiger partial charge in [-0.3, -0.25) is 4.79 Å². The fraction of sp³-hybridized carbons (Fsp3) is 0.278. The first-order chi connectivity index (χ1) is 11.5. The van der Waals surface area contributed by atoms with Crippen molar-refractivity contribution in [1.82, 2.24) is 4.90 Å². The van der Waals surface area contributed by atoms with Gasteiger partial charge in [-0.15, -0.1) is 0 Å². The molecule has 126 valence electrons. The third-order valence-corrected chi connectivity index (χ3v) is 4.55. The molecule has 1 aliphatic heterocycles. The SMILES string of the molecule is CN1CCN(c2ccc(NC(=O)c3cc(Cl)cc(Cl)c3)cc2)CC1. The van der Waals surface area contributed by atoms with E-state index in [0.29, 0.717) is 15.6 Å². The molecule has 0 radical (unpaired) electrons. The van der Waals surface area contributed by atoms with Crippen molar-refractivity contribution in [2.75, 3.05) is 43.4 Å². The second-order valence-electron chi connectivity index (χ2n) is 5.95. The first kappa shape index (κ1) is 17.1. The minimum Gasteiger partial charge on any atom is -0.369 e. The standard InChI is InChI=1S/C18H19Cl2N3O/c1-22-6-8-23(9-7-22)17-4-2-16(3-5-17)21-18(24)13-10-14(19)12-15(20)11-13/h2-5,10-12H,6-9H2,1H3,(H,21,24). The summed E-state index contributed by atoms with van der Waals surface area (Å²) in [4.78, 5) is 17.0. The zero-order chi connectivity index (χ0) is 17.1. The van der Waals surface area contributed by atoms with Crippen molar-refractivity contribution in [2.45, 2.75) is 0 Å². The normalized spacial score (nSPS) is 15.4. The molecule has 1 aliphatic rings. The summed E-state index contributed by atoms with van der Waals surface area (Å²) in [6, 6.07) is 12.7. The van der Waals surface area contributed by atoms with Gasteiger partial charge in [0.05, 0.1) is 0 Å². The second kappa shape index (κ2) is 7.43. The molecule has 1 saturated heterocycles. The number of nitrogens with zero attached hydrogens (tertiary/aromatic N) is 2. The average Bonchev–Trinajstić information content (AvgIpc) is 2.55. The fourth-order valence-corrected chi connectivity index (χ4v) is 3.23. The Morgan fingerprint density at radius 2 is 1.54 bits per heavy atom. The summed E-state index contributed by atoms with van der Waals surface area (Å²) in [5.74, 6) is -0.230. The van der Waals surface area contributed by atoms with Crippen LogP contribution in [0.3, 0.4) is 0 Å². The van der Waals surface area contributed by atoms with Crippen molar-refractivity contribution in [3.05, 3.63) is 58.1 Å². The van der Waals surface area contributed by atoms with Crippen LogP contribution in [0, 0.1) is 0 Å². The Morgan fingerprint density at radius 1 is 0.958 bits per heavy atom. The predicted octanol–water partition coefficient (Wildman–Crippen LogP) is 4.00. The zero-order valence-corrected chi connectivity index (χ0v) is 14.9. The molecule has 0 aromatic heterocycles. The van der Waals surface area contributed by atoms with Gasteiger partial charge in [0.1, 0.15) is 0 Å². The maximum atomic E-state index is 12.3. The Hall–Kier alpha value is -1.75. The van der Waals surface area contributed by atoms with Crippen LogP contribution in [0.5, 0.6) is 0 Å². The molecular weight excluding hydrogens is 345 g/mol. The lowest BCUT2D eigenvalue weighted by Crippen LogP contribution is -2.44. The molecule has 2 aromatic rings. The van der Waals surface area contributed by atoms with Crippen LogP contribution in [0.1, 0.15) is 10.4 Å². The van der Waals surface area contributed by atoms with Crippen LogP contribution in [0.4, 0.5) is 11.4 Å². The number of carbonyl (C=O) groups excluding carboxylic acids is 1. The third-order valence-electron chi connectivity index (χ3n) is 4.12. The predicted molar refractivity (Wildman–Crippen MR) is 101 cm³/mol. The number of rotatable bonds is 3. The van der Waals surface area contributed by atoms with Crippen molar-refractivity contribution in [3.63, 3.8) is 0 Å². The first-order valence-corrected chi connectivity index (χ1v) is 8.58. The van der Waals surface area contributed by atoms with Gasteiger partial charge in [-0.2, -0.15) is 0 Å². The Balaban J connectivity index is 1.66. The van der Waals surface area contributed by atoms with Crippen LogP contribution >= 0.6 is 23.2 Å². The van der Waals surface area contributed by atoms with Crippen LogP contribution < -0.4 is 10.2 Å². The van der Waals surface area contributed by atoms with Crippen molar-refractivity contribution in [3.8, 4) is 0 Å². The van der Waals surface area contributed by atoms with Gasteiger partial charge in [-0.25, -0.2) is 0 Å². The molecule has 0 atom stereocenters. The lowest BCUT2D eigenvalue weighted by molar-refractivity contribution is 0.102. The minimum absolute atomic E-state index is 0.230. The average molecular weight is 364 g/mol. The molecular formula is C18H19Cl2N3O. The number of benzene rings is 2. The van der Waals surface area contributed by atoms with Gasteiger partial charge in [-0.1, -0.05) is 23.2 Å². The number of hydrogen-bond donors (Lipinski definition) is 1. The van der Waals surface area contributed by atoms with E-state index < -0.39 is 0 Å². The van der Waals surface area contributed by atoms with Gasteiger partial charge in [0.25, 0.3) is 5.91 Å². The van der Waals surface area contributed by atoms with Crippen LogP contribution in [-0.4, -0.2) is 44.0 Å². The summed E-state index contributed by atoms with van der Waals surface area (Å²) in [5.41, 5.74) is 2.36. The van der Waals surface area contributed by atoms with Crippen molar-refractivity contribution < 1.29 is 4.79 Å². The van der Waals surface area contributed by atoms with E-state index >= 15 is 0 Å². The van der Waals surface area contributed by atoms with Gasteiger partial charge in [0, 0.05) is 53.2 Å². The van der Waals surface area contributed by atoms with Gasteiger partial charge in [-0.05, 0) is 49.5 Å². The maximum absolute atomic E-state index is 12.3. The van der Waals surface area contributed by atoms with E-state index in [4.69, 9.17) is 23.2 Å². The topological polar surface area (TPSA) is 35.6 Å². The van der Waals surface area contributed by atoms with Crippen LogP contribution in [0.25, 0.3) is 0 Å². The number of halogens is 2. The summed E-state index contributed by atoms with van der Waals surface area (Å²) in [6.07, 6.45) is 0. The number of hydrogen-bond acceptors (Lipinski definition) is 3. The van der Waals surface area contributed by atoms with Crippen LogP contribution in [0.2, 0.25) is 10.0 Å². The Kier molecular flexibility index (Phi) is 5.29. The van der Waals surface area contributed by atoms with Crippen LogP contribution in [0.15, 0.2) is 42.5 Å². The second-order valence-corrected chi connectivity index (χ2v) is 6.82. The molecule has 0 unspecified atom stereocenters. The number of amides is 1. The Bertz CT molecular complexity index is 705. The number of likely N-dealkylation sites (N-methyl/N-ethyl adjacent to an activating group) is 1. The van der Waals surface area contributed by atoms with Crippen molar-refractivity contribution >= 4 is 40.5 Å². The monoisotopic (exact) mass is 363 g/mol. The Morgan fingerprint density at radius 3 is 2.12 bits per heavy atom. The molecule has 0 spiro atoms. The Labute approximate surface area is 152 Å². The highest BCUT2D eigenvalue weighted by atomic mass is 35.5. The molecule has 4 nitrogen and oxygen atoms in total. The van der Waals surface area contributed by atoms with Gasteiger partial charge in [0.2, 0.25) is 0 Å². The quantitative estimate of drug-likeness (QED) is 0.894. The number of anilines is 2. The highest BCUT2D eigenvalue weighted by Crippen LogP contribution is 2.22. The lowest BCUT2D eigenvalue weighted by Gasteiger charge is -2.34. The smallest absolute Gasteiger partial charge is 0.255 e. The van der Waals surface area contributed by atoms with Crippen LogP contribution in [-0.2, 0) is 0 Å². The molecule has 0 bridgehead atoms. The van der Waals surface area contributed by atoms with E-state index in [1.165, 1.54) is 5.69 Å². The highest BCUT2D eigenvalue weighted by Gasteiger charge is 2.14. The fourth-order valence-electron chi connectivity index (χ4n) is 2.71. The molecule has 1 N–H and O–H groups in total. The van der Waals surface area contributed by atoms with Gasteiger partial charge < -0.3 is 15.1 Å².